The molecule has 0 aliphatic rings. The second kappa shape index (κ2) is 12.0. The first-order valence-electron chi connectivity index (χ1n) is 11.7. The topological polar surface area (TPSA) is 86.8 Å². The largest absolute Gasteiger partial charge is 0.354 e. The molecule has 0 radical (unpaired) electrons. The van der Waals surface area contributed by atoms with Gasteiger partial charge in [-0.1, -0.05) is 55.8 Å². The van der Waals surface area contributed by atoms with Crippen molar-refractivity contribution in [2.75, 3.05) is 23.7 Å². The van der Waals surface area contributed by atoms with Crippen LogP contribution in [0.5, 0.6) is 0 Å². The molecular formula is C26H37N3O4S. The van der Waals surface area contributed by atoms with Crippen molar-refractivity contribution in [2.24, 2.45) is 0 Å². The molecule has 2 rings (SSSR count). The van der Waals surface area contributed by atoms with Crippen molar-refractivity contribution in [3.63, 3.8) is 0 Å². The van der Waals surface area contributed by atoms with E-state index in [9.17, 15) is 18.0 Å². The van der Waals surface area contributed by atoms with Gasteiger partial charge in [0, 0.05) is 13.1 Å². The Labute approximate surface area is 204 Å². The Kier molecular flexibility index (Phi) is 9.67. The van der Waals surface area contributed by atoms with Crippen molar-refractivity contribution in [3.05, 3.63) is 64.7 Å². The number of sulfonamides is 1. The highest BCUT2D eigenvalue weighted by Gasteiger charge is 2.32. The van der Waals surface area contributed by atoms with Crippen molar-refractivity contribution >= 4 is 27.5 Å². The van der Waals surface area contributed by atoms with Crippen LogP contribution in [0.25, 0.3) is 0 Å². The summed E-state index contributed by atoms with van der Waals surface area (Å²) in [5.74, 6) is -0.659. The molecule has 0 saturated carbocycles. The maximum atomic E-state index is 13.7. The predicted octanol–water partition coefficient (Wildman–Crippen LogP) is 3.71. The van der Waals surface area contributed by atoms with E-state index in [0.717, 1.165) is 39.2 Å². The summed E-state index contributed by atoms with van der Waals surface area (Å²) in [6.07, 6.45) is 2.29. The number of rotatable bonds is 11. The van der Waals surface area contributed by atoms with Crippen LogP contribution in [-0.4, -0.2) is 50.5 Å². The van der Waals surface area contributed by atoms with Crippen LogP contribution >= 0.6 is 0 Å². The Morgan fingerprint density at radius 1 is 0.971 bits per heavy atom. The smallest absolute Gasteiger partial charge is 0.244 e. The van der Waals surface area contributed by atoms with Crippen LogP contribution in [0.3, 0.4) is 0 Å². The molecule has 7 nitrogen and oxygen atoms in total. The summed E-state index contributed by atoms with van der Waals surface area (Å²) in [4.78, 5) is 28.1. The van der Waals surface area contributed by atoms with Crippen LogP contribution in [-0.2, 0) is 26.2 Å². The number of amides is 2. The van der Waals surface area contributed by atoms with Gasteiger partial charge in [0.15, 0.2) is 0 Å². The van der Waals surface area contributed by atoms with Crippen LogP contribution in [0.15, 0.2) is 42.5 Å². The van der Waals surface area contributed by atoms with Gasteiger partial charge >= 0.3 is 0 Å². The highest BCUT2D eigenvalue weighted by atomic mass is 32.2. The predicted molar refractivity (Wildman–Crippen MR) is 137 cm³/mol. The van der Waals surface area contributed by atoms with Gasteiger partial charge in [-0.05, 0) is 56.4 Å². The quantitative estimate of drug-likeness (QED) is 0.523. The van der Waals surface area contributed by atoms with E-state index >= 15 is 0 Å². The Balaban J connectivity index is 2.45. The van der Waals surface area contributed by atoms with E-state index in [1.807, 2.05) is 71.0 Å². The van der Waals surface area contributed by atoms with Gasteiger partial charge in [-0.2, -0.15) is 0 Å². The number of hydrogen-bond donors (Lipinski definition) is 1. The zero-order valence-electron chi connectivity index (χ0n) is 21.1. The molecule has 34 heavy (non-hydrogen) atoms. The molecule has 2 aromatic rings. The summed E-state index contributed by atoms with van der Waals surface area (Å²) >= 11 is 0. The van der Waals surface area contributed by atoms with Gasteiger partial charge in [-0.25, -0.2) is 8.42 Å². The number of nitrogens with zero attached hydrogens (tertiary/aromatic N) is 2. The zero-order valence-corrected chi connectivity index (χ0v) is 21.9. The molecular weight excluding hydrogens is 450 g/mol. The first-order chi connectivity index (χ1) is 16.0. The number of nitrogens with one attached hydrogen (secondary N) is 1. The number of anilines is 1. The summed E-state index contributed by atoms with van der Waals surface area (Å²) in [6.45, 7) is 9.83. The molecule has 0 fully saturated rings. The summed E-state index contributed by atoms with van der Waals surface area (Å²) in [6, 6.07) is 12.5. The first kappa shape index (κ1) is 27.4. The molecule has 0 heterocycles. The van der Waals surface area contributed by atoms with Gasteiger partial charge in [0.2, 0.25) is 21.8 Å². The van der Waals surface area contributed by atoms with Crippen molar-refractivity contribution in [1.29, 1.82) is 0 Å². The maximum Gasteiger partial charge on any atom is 0.244 e. The van der Waals surface area contributed by atoms with E-state index in [1.54, 1.807) is 6.07 Å². The third-order valence-corrected chi connectivity index (χ3v) is 6.85. The van der Waals surface area contributed by atoms with E-state index in [2.05, 4.69) is 5.32 Å². The fraction of sp³-hybridized carbons (Fsp3) is 0.462. The van der Waals surface area contributed by atoms with Crippen LogP contribution in [0, 0.1) is 20.8 Å². The highest BCUT2D eigenvalue weighted by Crippen LogP contribution is 2.25. The minimum absolute atomic E-state index is 0.210. The molecule has 0 aromatic heterocycles. The van der Waals surface area contributed by atoms with Crippen LogP contribution in [0.1, 0.15) is 48.9 Å². The molecule has 0 spiro atoms. The third kappa shape index (κ3) is 7.32. The first-order valence-corrected chi connectivity index (χ1v) is 13.5. The SMILES string of the molecule is CCCNC(=O)[C@H](CC)N(Cc1ccc(C)cc1)C(=O)CN(c1cc(C)ccc1C)S(C)(=O)=O. The normalized spacial score (nSPS) is 12.2. The zero-order chi connectivity index (χ0) is 25.5. The number of benzene rings is 2. The molecule has 8 heteroatoms. The lowest BCUT2D eigenvalue weighted by Crippen LogP contribution is -2.52. The molecule has 0 aliphatic heterocycles. The Morgan fingerprint density at radius 3 is 2.15 bits per heavy atom. The minimum atomic E-state index is -3.75. The highest BCUT2D eigenvalue weighted by molar-refractivity contribution is 7.92. The van der Waals surface area contributed by atoms with Gasteiger partial charge in [0.1, 0.15) is 12.6 Å². The van der Waals surface area contributed by atoms with E-state index in [0.29, 0.717) is 18.7 Å². The number of hydrogen-bond acceptors (Lipinski definition) is 4. The minimum Gasteiger partial charge on any atom is -0.354 e. The molecule has 2 aromatic carbocycles. The fourth-order valence-corrected chi connectivity index (χ4v) is 4.66. The molecule has 0 unspecified atom stereocenters. The van der Waals surface area contributed by atoms with Gasteiger partial charge < -0.3 is 10.2 Å². The summed E-state index contributed by atoms with van der Waals surface area (Å²) in [5.41, 5.74) is 4.07. The summed E-state index contributed by atoms with van der Waals surface area (Å²) < 4.78 is 26.6. The van der Waals surface area contributed by atoms with Crippen molar-refractivity contribution < 1.29 is 18.0 Å². The molecule has 1 N–H and O–H groups in total. The van der Waals surface area contributed by atoms with Gasteiger partial charge in [-0.3, -0.25) is 13.9 Å². The van der Waals surface area contributed by atoms with Crippen molar-refractivity contribution in [1.82, 2.24) is 10.2 Å². The Hall–Kier alpha value is -2.87. The standard InChI is InChI=1S/C26H37N3O4S/c1-7-15-27-26(31)23(8-2)28(17-22-13-10-19(3)11-14-22)25(30)18-29(34(6,32)33)24-16-20(4)9-12-21(24)5/h9-14,16,23H,7-8,15,17-18H2,1-6H3,(H,27,31)/t23-/m0/s1. The average molecular weight is 488 g/mol. The van der Waals surface area contributed by atoms with E-state index < -0.39 is 22.0 Å². The molecule has 0 aliphatic carbocycles. The fourth-order valence-electron chi connectivity index (χ4n) is 3.76. The lowest BCUT2D eigenvalue weighted by atomic mass is 10.1. The average Bonchev–Trinajstić information content (AvgIpc) is 2.78. The number of carbonyl (C=O) groups is 2. The Morgan fingerprint density at radius 2 is 1.59 bits per heavy atom. The van der Waals surface area contributed by atoms with Gasteiger partial charge in [0.25, 0.3) is 0 Å². The Bertz CT molecular complexity index is 1100. The summed E-state index contributed by atoms with van der Waals surface area (Å²) in [7, 11) is -3.75. The molecule has 186 valence electrons. The van der Waals surface area contributed by atoms with Gasteiger partial charge in [0.05, 0.1) is 11.9 Å². The molecule has 1 atom stereocenters. The van der Waals surface area contributed by atoms with Gasteiger partial charge in [-0.15, -0.1) is 0 Å². The van der Waals surface area contributed by atoms with Crippen molar-refractivity contribution in [2.45, 2.75) is 60.0 Å². The van der Waals surface area contributed by atoms with E-state index in [4.69, 9.17) is 0 Å². The van der Waals surface area contributed by atoms with E-state index in [-0.39, 0.29) is 19.0 Å². The third-order valence-electron chi connectivity index (χ3n) is 5.72. The van der Waals surface area contributed by atoms with Crippen LogP contribution < -0.4 is 9.62 Å². The van der Waals surface area contributed by atoms with E-state index in [1.165, 1.54) is 4.90 Å². The number of aryl methyl sites for hydroxylation is 3. The lowest BCUT2D eigenvalue weighted by Gasteiger charge is -2.33. The second-order valence-electron chi connectivity index (χ2n) is 8.78. The van der Waals surface area contributed by atoms with Crippen molar-refractivity contribution in [3.8, 4) is 0 Å². The molecule has 2 amide bonds. The van der Waals surface area contributed by atoms with Crippen LogP contribution in [0.4, 0.5) is 5.69 Å². The van der Waals surface area contributed by atoms with Crippen LogP contribution in [0.2, 0.25) is 0 Å². The lowest BCUT2D eigenvalue weighted by molar-refractivity contribution is -0.140. The maximum absolute atomic E-state index is 13.7. The monoisotopic (exact) mass is 487 g/mol. The second-order valence-corrected chi connectivity index (χ2v) is 10.7. The molecule has 0 saturated heterocycles. The summed E-state index contributed by atoms with van der Waals surface area (Å²) in [5, 5.41) is 2.88. The molecule has 0 bridgehead atoms. The number of carbonyl (C=O) groups excluding carboxylic acids is 2.